The van der Waals surface area contributed by atoms with Gasteiger partial charge in [-0.15, -0.1) is 0 Å². The van der Waals surface area contributed by atoms with Crippen molar-refractivity contribution < 1.29 is 18.6 Å². The summed E-state index contributed by atoms with van der Waals surface area (Å²) in [7, 11) is 0. The van der Waals surface area contributed by atoms with E-state index in [4.69, 9.17) is 4.74 Å². The van der Waals surface area contributed by atoms with Crippen molar-refractivity contribution >= 4 is 0 Å². The van der Waals surface area contributed by atoms with Gasteiger partial charge >= 0.3 is 0 Å². The summed E-state index contributed by atoms with van der Waals surface area (Å²) in [5, 5.41) is 10.4. The number of aliphatic hydroxyl groups is 1. The second-order valence-electron chi connectivity index (χ2n) is 4.67. The van der Waals surface area contributed by atoms with Crippen LogP contribution < -0.4 is 0 Å². The Morgan fingerprint density at radius 2 is 1.79 bits per heavy atom. The van der Waals surface area contributed by atoms with Gasteiger partial charge in [0.25, 0.3) is 0 Å². The largest absolute Gasteiger partial charge is 0.390 e. The Morgan fingerprint density at radius 3 is 2.26 bits per heavy atom. The van der Waals surface area contributed by atoms with Crippen LogP contribution in [0.4, 0.5) is 8.78 Å². The van der Waals surface area contributed by atoms with Crippen LogP contribution in [0.5, 0.6) is 0 Å². The SMILES string of the molecule is CCOC(CC)(CC)C(O)Cc1ccc(F)c(F)c1. The lowest BCUT2D eigenvalue weighted by molar-refractivity contribution is -0.124. The van der Waals surface area contributed by atoms with Crippen LogP contribution in [-0.2, 0) is 11.2 Å². The first-order valence-electron chi connectivity index (χ1n) is 6.75. The van der Waals surface area contributed by atoms with Gasteiger partial charge in [0.05, 0.1) is 11.7 Å². The monoisotopic (exact) mass is 272 g/mol. The summed E-state index contributed by atoms with van der Waals surface area (Å²) in [6.45, 7) is 6.29. The molecule has 0 aliphatic heterocycles. The van der Waals surface area contributed by atoms with E-state index in [0.29, 0.717) is 25.0 Å². The molecule has 1 rings (SSSR count). The van der Waals surface area contributed by atoms with Crippen molar-refractivity contribution in [3.63, 3.8) is 0 Å². The van der Waals surface area contributed by atoms with E-state index in [-0.39, 0.29) is 6.42 Å². The quantitative estimate of drug-likeness (QED) is 0.823. The Labute approximate surface area is 113 Å². The van der Waals surface area contributed by atoms with Gasteiger partial charge in [-0.25, -0.2) is 8.78 Å². The molecule has 4 heteroatoms. The van der Waals surface area contributed by atoms with Gasteiger partial charge in [-0.1, -0.05) is 19.9 Å². The van der Waals surface area contributed by atoms with E-state index < -0.39 is 23.3 Å². The fourth-order valence-electron chi connectivity index (χ4n) is 2.38. The lowest BCUT2D eigenvalue weighted by atomic mass is 9.86. The minimum Gasteiger partial charge on any atom is -0.390 e. The Bertz CT molecular complexity index is 403. The van der Waals surface area contributed by atoms with Crippen LogP contribution in [-0.4, -0.2) is 23.4 Å². The van der Waals surface area contributed by atoms with Crippen molar-refractivity contribution in [2.75, 3.05) is 6.61 Å². The Balaban J connectivity index is 2.86. The first-order chi connectivity index (χ1) is 8.99. The highest BCUT2D eigenvalue weighted by Gasteiger charge is 2.35. The summed E-state index contributed by atoms with van der Waals surface area (Å²) >= 11 is 0. The average molecular weight is 272 g/mol. The number of ether oxygens (including phenoxy) is 1. The molecule has 0 radical (unpaired) electrons. The van der Waals surface area contributed by atoms with Gasteiger partial charge in [0.15, 0.2) is 11.6 Å². The molecule has 0 heterocycles. The van der Waals surface area contributed by atoms with E-state index in [0.717, 1.165) is 12.1 Å². The van der Waals surface area contributed by atoms with Gasteiger partial charge < -0.3 is 9.84 Å². The van der Waals surface area contributed by atoms with Gasteiger partial charge in [0.2, 0.25) is 0 Å². The van der Waals surface area contributed by atoms with Crippen molar-refractivity contribution in [3.05, 3.63) is 35.4 Å². The van der Waals surface area contributed by atoms with Gasteiger partial charge in [-0.05, 0) is 37.5 Å². The second-order valence-corrected chi connectivity index (χ2v) is 4.67. The Hall–Kier alpha value is -1.00. The lowest BCUT2D eigenvalue weighted by Crippen LogP contribution is -2.45. The smallest absolute Gasteiger partial charge is 0.159 e. The number of hydrogen-bond acceptors (Lipinski definition) is 2. The first-order valence-corrected chi connectivity index (χ1v) is 6.75. The summed E-state index contributed by atoms with van der Waals surface area (Å²) < 4.78 is 31.7. The number of benzene rings is 1. The standard InChI is InChI=1S/C15H22F2O2/c1-4-15(5-2,19-6-3)14(18)10-11-7-8-12(16)13(17)9-11/h7-9,14,18H,4-6,10H2,1-3H3. The molecule has 1 aromatic carbocycles. The highest BCUT2D eigenvalue weighted by atomic mass is 19.2. The van der Waals surface area contributed by atoms with E-state index in [9.17, 15) is 13.9 Å². The molecule has 0 amide bonds. The summed E-state index contributed by atoms with van der Waals surface area (Å²) in [6, 6.07) is 3.70. The topological polar surface area (TPSA) is 29.5 Å². The average Bonchev–Trinajstić information content (AvgIpc) is 2.40. The highest BCUT2D eigenvalue weighted by Crippen LogP contribution is 2.27. The summed E-state index contributed by atoms with van der Waals surface area (Å²) in [6.07, 6.45) is 0.843. The highest BCUT2D eigenvalue weighted by molar-refractivity contribution is 5.19. The zero-order valence-electron chi connectivity index (χ0n) is 11.7. The van der Waals surface area contributed by atoms with Crippen LogP contribution in [0, 0.1) is 11.6 Å². The zero-order chi connectivity index (χ0) is 14.5. The van der Waals surface area contributed by atoms with Crippen LogP contribution in [0.2, 0.25) is 0 Å². The van der Waals surface area contributed by atoms with Crippen molar-refractivity contribution in [1.29, 1.82) is 0 Å². The predicted molar refractivity (Wildman–Crippen MR) is 71.0 cm³/mol. The Morgan fingerprint density at radius 1 is 1.16 bits per heavy atom. The van der Waals surface area contributed by atoms with Gasteiger partial charge in [0, 0.05) is 13.0 Å². The maximum absolute atomic E-state index is 13.2. The Kier molecular flexibility index (Phi) is 5.88. The fraction of sp³-hybridized carbons (Fsp3) is 0.600. The van der Waals surface area contributed by atoms with Crippen LogP contribution >= 0.6 is 0 Å². The molecule has 0 aliphatic carbocycles. The number of aliphatic hydroxyl groups excluding tert-OH is 1. The second kappa shape index (κ2) is 6.96. The van der Waals surface area contributed by atoms with Crippen molar-refractivity contribution in [2.24, 2.45) is 0 Å². The number of hydrogen-bond donors (Lipinski definition) is 1. The maximum Gasteiger partial charge on any atom is 0.159 e. The van der Waals surface area contributed by atoms with E-state index in [2.05, 4.69) is 0 Å². The minimum absolute atomic E-state index is 0.249. The van der Waals surface area contributed by atoms with E-state index in [1.165, 1.54) is 6.07 Å². The molecule has 1 N–H and O–H groups in total. The lowest BCUT2D eigenvalue weighted by Gasteiger charge is -2.36. The van der Waals surface area contributed by atoms with Crippen LogP contribution in [0.15, 0.2) is 18.2 Å². The predicted octanol–water partition coefficient (Wildman–Crippen LogP) is 3.46. The van der Waals surface area contributed by atoms with E-state index in [1.54, 1.807) is 0 Å². The molecule has 1 unspecified atom stereocenters. The molecule has 2 nitrogen and oxygen atoms in total. The molecular formula is C15H22F2O2. The number of rotatable bonds is 7. The van der Waals surface area contributed by atoms with Crippen molar-refractivity contribution in [2.45, 2.75) is 51.7 Å². The molecule has 0 aliphatic rings. The van der Waals surface area contributed by atoms with E-state index >= 15 is 0 Å². The first kappa shape index (κ1) is 16.1. The van der Waals surface area contributed by atoms with E-state index in [1.807, 2.05) is 20.8 Å². The summed E-state index contributed by atoms with van der Waals surface area (Å²) in [5.74, 6) is -1.76. The molecule has 0 fully saturated rings. The molecule has 0 saturated heterocycles. The third-order valence-corrected chi connectivity index (χ3v) is 3.65. The van der Waals surface area contributed by atoms with Crippen LogP contribution in [0.25, 0.3) is 0 Å². The molecule has 1 atom stereocenters. The van der Waals surface area contributed by atoms with Gasteiger partial charge in [-0.2, -0.15) is 0 Å². The van der Waals surface area contributed by atoms with Gasteiger partial charge in [0.1, 0.15) is 0 Å². The molecule has 0 saturated carbocycles. The minimum atomic E-state index is -0.889. The molecule has 0 aromatic heterocycles. The molecule has 0 spiro atoms. The molecule has 0 bridgehead atoms. The molecule has 1 aromatic rings. The van der Waals surface area contributed by atoms with Crippen molar-refractivity contribution in [3.8, 4) is 0 Å². The maximum atomic E-state index is 13.2. The molecule has 19 heavy (non-hydrogen) atoms. The van der Waals surface area contributed by atoms with Crippen LogP contribution in [0.1, 0.15) is 39.2 Å². The zero-order valence-corrected chi connectivity index (χ0v) is 11.7. The number of halogens is 2. The molecular weight excluding hydrogens is 250 g/mol. The van der Waals surface area contributed by atoms with Crippen LogP contribution in [0.3, 0.4) is 0 Å². The third kappa shape index (κ3) is 3.74. The molecule has 108 valence electrons. The summed E-state index contributed by atoms with van der Waals surface area (Å²) in [5.41, 5.74) is -0.0584. The third-order valence-electron chi connectivity index (χ3n) is 3.65. The summed E-state index contributed by atoms with van der Waals surface area (Å²) in [4.78, 5) is 0. The van der Waals surface area contributed by atoms with Gasteiger partial charge in [-0.3, -0.25) is 0 Å². The normalized spacial score (nSPS) is 13.6. The fourth-order valence-corrected chi connectivity index (χ4v) is 2.38. The van der Waals surface area contributed by atoms with Crippen molar-refractivity contribution in [1.82, 2.24) is 0 Å².